The molecule has 0 spiro atoms. The zero-order valence-electron chi connectivity index (χ0n) is 10.5. The van der Waals surface area contributed by atoms with Gasteiger partial charge in [-0.2, -0.15) is 0 Å². The number of imidazole rings is 2. The van der Waals surface area contributed by atoms with Gasteiger partial charge in [0.05, 0.1) is 17.4 Å². The number of H-pyrrole nitrogens is 1. The van der Waals surface area contributed by atoms with Gasteiger partial charge in [0.25, 0.3) is 0 Å². The van der Waals surface area contributed by atoms with Crippen LogP contribution >= 0.6 is 0 Å². The summed E-state index contributed by atoms with van der Waals surface area (Å²) in [5.41, 5.74) is 3.29. The molecule has 0 aliphatic carbocycles. The van der Waals surface area contributed by atoms with Crippen molar-refractivity contribution < 1.29 is 9.90 Å². The Labute approximate surface area is 108 Å². The van der Waals surface area contributed by atoms with E-state index in [1.165, 1.54) is 6.33 Å². The lowest BCUT2D eigenvalue weighted by molar-refractivity contribution is 0.0692. The maximum absolute atomic E-state index is 11.1. The first-order chi connectivity index (χ1) is 9.08. The Bertz CT molecular complexity index is 785. The number of carbonyl (C=O) groups is 1. The maximum Gasteiger partial charge on any atom is 0.354 e. The lowest BCUT2D eigenvalue weighted by Gasteiger charge is -2.00. The van der Waals surface area contributed by atoms with Crippen LogP contribution in [-0.4, -0.2) is 30.6 Å². The molecule has 0 saturated carbocycles. The lowest BCUT2D eigenvalue weighted by Crippen LogP contribution is -2.02. The number of benzene rings is 1. The molecular weight excluding hydrogens is 244 g/mol. The molecule has 6 nitrogen and oxygen atoms in total. The van der Waals surface area contributed by atoms with Gasteiger partial charge in [0.15, 0.2) is 11.5 Å². The van der Waals surface area contributed by atoms with Crippen molar-refractivity contribution in [3.8, 4) is 11.5 Å². The summed E-state index contributed by atoms with van der Waals surface area (Å²) in [6, 6.07) is 5.93. The zero-order chi connectivity index (χ0) is 13.6. The van der Waals surface area contributed by atoms with Crippen LogP contribution in [0.3, 0.4) is 0 Å². The second-order valence-corrected chi connectivity index (χ2v) is 4.42. The van der Waals surface area contributed by atoms with Gasteiger partial charge in [0.1, 0.15) is 5.69 Å². The lowest BCUT2D eigenvalue weighted by atomic mass is 10.2. The van der Waals surface area contributed by atoms with E-state index in [4.69, 9.17) is 5.11 Å². The Kier molecular flexibility index (Phi) is 2.38. The Hall–Kier alpha value is -2.63. The third kappa shape index (κ3) is 1.69. The molecular formula is C13H12N4O2. The highest BCUT2D eigenvalue weighted by Gasteiger charge is 2.19. The molecule has 0 aliphatic rings. The third-order valence-corrected chi connectivity index (χ3v) is 3.10. The fraction of sp³-hybridized carbons (Fsp3) is 0.154. The van der Waals surface area contributed by atoms with Gasteiger partial charge in [-0.1, -0.05) is 6.07 Å². The first-order valence-corrected chi connectivity index (χ1v) is 5.78. The van der Waals surface area contributed by atoms with Gasteiger partial charge in [-0.3, -0.25) is 0 Å². The van der Waals surface area contributed by atoms with Crippen molar-refractivity contribution in [1.29, 1.82) is 0 Å². The molecule has 0 saturated heterocycles. The monoisotopic (exact) mass is 256 g/mol. The summed E-state index contributed by atoms with van der Waals surface area (Å²) < 4.78 is 1.84. The molecule has 3 rings (SSSR count). The van der Waals surface area contributed by atoms with Crippen LogP contribution in [0, 0.1) is 6.92 Å². The molecule has 0 aliphatic heterocycles. The maximum atomic E-state index is 11.1. The van der Waals surface area contributed by atoms with Crippen LogP contribution in [-0.2, 0) is 7.05 Å². The Morgan fingerprint density at radius 1 is 1.42 bits per heavy atom. The third-order valence-electron chi connectivity index (χ3n) is 3.10. The van der Waals surface area contributed by atoms with E-state index in [0.717, 1.165) is 16.6 Å². The molecule has 0 unspecified atom stereocenters. The van der Waals surface area contributed by atoms with Crippen LogP contribution in [0.5, 0.6) is 0 Å². The second-order valence-electron chi connectivity index (χ2n) is 4.42. The number of carboxylic acid groups (broad SMARTS) is 1. The van der Waals surface area contributed by atoms with Gasteiger partial charge in [-0.25, -0.2) is 14.8 Å². The highest BCUT2D eigenvalue weighted by Crippen LogP contribution is 2.24. The van der Waals surface area contributed by atoms with Crippen LogP contribution in [0.15, 0.2) is 24.5 Å². The minimum Gasteiger partial charge on any atom is -0.477 e. The number of aromatic carboxylic acids is 1. The molecule has 1 aromatic carbocycles. The minimum absolute atomic E-state index is 0.0510. The van der Waals surface area contributed by atoms with Gasteiger partial charge < -0.3 is 14.7 Å². The number of carboxylic acids is 1. The largest absolute Gasteiger partial charge is 0.477 e. The molecule has 0 atom stereocenters. The summed E-state index contributed by atoms with van der Waals surface area (Å²) in [5, 5.41) is 9.12. The summed E-state index contributed by atoms with van der Waals surface area (Å²) in [7, 11) is 1.85. The first-order valence-electron chi connectivity index (χ1n) is 5.78. The molecule has 2 aromatic heterocycles. The van der Waals surface area contributed by atoms with Gasteiger partial charge in [0.2, 0.25) is 0 Å². The summed E-state index contributed by atoms with van der Waals surface area (Å²) >= 11 is 0. The number of nitrogens with zero attached hydrogens (tertiary/aromatic N) is 3. The standard InChI is InChI=1S/C13H12N4O2/c1-7-3-4-9-8(5-7)16-12(17(9)2)10-11(13(18)19)15-6-14-10/h3-6H,1-2H3,(H,14,15)(H,18,19). The van der Waals surface area contributed by atoms with E-state index in [1.54, 1.807) is 0 Å². The van der Waals surface area contributed by atoms with E-state index in [9.17, 15) is 4.79 Å². The van der Waals surface area contributed by atoms with Crippen molar-refractivity contribution in [3.63, 3.8) is 0 Å². The number of fused-ring (bicyclic) bond motifs is 1. The summed E-state index contributed by atoms with van der Waals surface area (Å²) in [5.74, 6) is -0.505. The molecule has 3 aromatic rings. The number of rotatable bonds is 2. The fourth-order valence-corrected chi connectivity index (χ4v) is 2.15. The normalized spacial score (nSPS) is 11.1. The average Bonchev–Trinajstić information content (AvgIpc) is 2.94. The topological polar surface area (TPSA) is 83.8 Å². The first kappa shape index (κ1) is 11.5. The van der Waals surface area contributed by atoms with Crippen LogP contribution in [0.25, 0.3) is 22.6 Å². The molecule has 2 heterocycles. The Balaban J connectivity index is 2.28. The van der Waals surface area contributed by atoms with E-state index < -0.39 is 5.97 Å². The van der Waals surface area contributed by atoms with Crippen molar-refractivity contribution in [3.05, 3.63) is 35.8 Å². The van der Waals surface area contributed by atoms with Crippen molar-refractivity contribution in [1.82, 2.24) is 19.5 Å². The number of aromatic nitrogens is 4. The van der Waals surface area contributed by atoms with E-state index >= 15 is 0 Å². The molecule has 0 amide bonds. The quantitative estimate of drug-likeness (QED) is 0.734. The van der Waals surface area contributed by atoms with Gasteiger partial charge in [-0.15, -0.1) is 0 Å². The highest BCUT2D eigenvalue weighted by atomic mass is 16.4. The number of hydrogen-bond donors (Lipinski definition) is 2. The van der Waals surface area contributed by atoms with Crippen LogP contribution in [0.2, 0.25) is 0 Å². The average molecular weight is 256 g/mol. The van der Waals surface area contributed by atoms with Gasteiger partial charge in [0, 0.05) is 7.05 Å². The number of aryl methyl sites for hydroxylation is 2. The molecule has 0 bridgehead atoms. The van der Waals surface area contributed by atoms with Crippen LogP contribution in [0.1, 0.15) is 16.1 Å². The molecule has 19 heavy (non-hydrogen) atoms. The SMILES string of the molecule is Cc1ccc2c(c1)nc(-c1nc[nH]c1C(=O)O)n2C. The minimum atomic E-state index is -1.05. The van der Waals surface area contributed by atoms with E-state index in [2.05, 4.69) is 15.0 Å². The van der Waals surface area contributed by atoms with Gasteiger partial charge in [-0.05, 0) is 24.6 Å². The zero-order valence-corrected chi connectivity index (χ0v) is 10.5. The number of hydrogen-bond acceptors (Lipinski definition) is 3. The van der Waals surface area contributed by atoms with Crippen LogP contribution in [0.4, 0.5) is 0 Å². The smallest absolute Gasteiger partial charge is 0.354 e. The van der Waals surface area contributed by atoms with Crippen molar-refractivity contribution in [2.24, 2.45) is 7.05 Å². The highest BCUT2D eigenvalue weighted by molar-refractivity contribution is 5.93. The Morgan fingerprint density at radius 3 is 2.95 bits per heavy atom. The van der Waals surface area contributed by atoms with E-state index in [1.807, 2.05) is 36.7 Å². The van der Waals surface area contributed by atoms with Gasteiger partial charge >= 0.3 is 5.97 Å². The number of nitrogens with one attached hydrogen (secondary N) is 1. The van der Waals surface area contributed by atoms with E-state index in [0.29, 0.717) is 11.5 Å². The van der Waals surface area contributed by atoms with Crippen molar-refractivity contribution in [2.45, 2.75) is 6.92 Å². The van der Waals surface area contributed by atoms with E-state index in [-0.39, 0.29) is 5.69 Å². The molecule has 0 fully saturated rings. The Morgan fingerprint density at radius 2 is 2.21 bits per heavy atom. The van der Waals surface area contributed by atoms with Crippen molar-refractivity contribution in [2.75, 3.05) is 0 Å². The number of aromatic amines is 1. The molecule has 6 heteroatoms. The molecule has 2 N–H and O–H groups in total. The second kappa shape index (κ2) is 3.94. The predicted molar refractivity (Wildman–Crippen MR) is 70.0 cm³/mol. The predicted octanol–water partition coefficient (Wildman–Crippen LogP) is 1.97. The summed E-state index contributed by atoms with van der Waals surface area (Å²) in [4.78, 5) is 22.3. The van der Waals surface area contributed by atoms with Crippen LogP contribution < -0.4 is 0 Å². The molecule has 0 radical (unpaired) electrons. The van der Waals surface area contributed by atoms with Crippen molar-refractivity contribution >= 4 is 17.0 Å². The summed E-state index contributed by atoms with van der Waals surface area (Å²) in [6.45, 7) is 1.99. The summed E-state index contributed by atoms with van der Waals surface area (Å²) in [6.07, 6.45) is 1.36. The fourth-order valence-electron chi connectivity index (χ4n) is 2.15. The molecule has 96 valence electrons.